The van der Waals surface area contributed by atoms with Crippen molar-refractivity contribution in [1.29, 1.82) is 0 Å². The first kappa shape index (κ1) is 25.5. The molecule has 0 heterocycles. The van der Waals surface area contributed by atoms with Crippen molar-refractivity contribution in [3.8, 4) is 0 Å². The number of aliphatic hydroxyl groups excluding tert-OH is 1. The van der Waals surface area contributed by atoms with Gasteiger partial charge in [-0.2, -0.15) is 43.9 Å². The van der Waals surface area contributed by atoms with Gasteiger partial charge in [0.15, 0.2) is 0 Å². The number of anilines is 1. The van der Waals surface area contributed by atoms with E-state index < -0.39 is 53.4 Å². The van der Waals surface area contributed by atoms with Gasteiger partial charge in [-0.1, -0.05) is 18.2 Å². The zero-order valence-corrected chi connectivity index (χ0v) is 16.1. The van der Waals surface area contributed by atoms with E-state index in [0.29, 0.717) is 0 Å². The first-order chi connectivity index (χ1) is 13.9. The summed E-state index contributed by atoms with van der Waals surface area (Å²) in [7, 11) is 0. The standard InChI is InChI=1S/C18H18F11NO/c1-3-30(4-2)11-8-6-5-7-10(11)12(31)9-13(19)14(20,21)16(24,25)18(28,29)17(26,27)15(13,22)23/h5-8,12,31H,3-4,9H2,1-2H3. The second-order valence-corrected chi connectivity index (χ2v) is 7.12. The lowest BCUT2D eigenvalue weighted by molar-refractivity contribution is -0.487. The minimum atomic E-state index is -7.27. The van der Waals surface area contributed by atoms with Crippen molar-refractivity contribution in [2.24, 2.45) is 0 Å². The molecule has 1 unspecified atom stereocenters. The fraction of sp³-hybridized carbons (Fsp3) is 0.667. The minimum Gasteiger partial charge on any atom is -0.388 e. The van der Waals surface area contributed by atoms with E-state index in [9.17, 15) is 53.4 Å². The van der Waals surface area contributed by atoms with Crippen molar-refractivity contribution in [3.05, 3.63) is 29.8 Å². The van der Waals surface area contributed by atoms with E-state index in [1.54, 1.807) is 13.8 Å². The largest absolute Gasteiger partial charge is 0.388 e. The van der Waals surface area contributed by atoms with Crippen LogP contribution in [0.2, 0.25) is 0 Å². The summed E-state index contributed by atoms with van der Waals surface area (Å²) in [4.78, 5) is 1.44. The zero-order chi connectivity index (χ0) is 24.3. The van der Waals surface area contributed by atoms with Gasteiger partial charge >= 0.3 is 29.6 Å². The number of halogens is 11. The third-order valence-corrected chi connectivity index (χ3v) is 5.45. The van der Waals surface area contributed by atoms with Crippen molar-refractivity contribution in [2.75, 3.05) is 18.0 Å². The molecule has 1 saturated carbocycles. The maximum Gasteiger partial charge on any atom is 0.384 e. The summed E-state index contributed by atoms with van der Waals surface area (Å²) in [6, 6.07) is 4.73. The molecule has 1 fully saturated rings. The molecule has 1 aromatic carbocycles. The summed E-state index contributed by atoms with van der Waals surface area (Å²) >= 11 is 0. The molecule has 2 rings (SSSR count). The van der Waals surface area contributed by atoms with Gasteiger partial charge in [0.05, 0.1) is 6.10 Å². The van der Waals surface area contributed by atoms with Gasteiger partial charge in [0.25, 0.3) is 5.67 Å². The van der Waals surface area contributed by atoms with Crippen LogP contribution in [0.1, 0.15) is 31.9 Å². The molecular formula is C18H18F11NO. The lowest BCUT2D eigenvalue weighted by Gasteiger charge is -2.53. The van der Waals surface area contributed by atoms with Gasteiger partial charge in [-0.15, -0.1) is 0 Å². The van der Waals surface area contributed by atoms with Crippen LogP contribution < -0.4 is 4.90 Å². The van der Waals surface area contributed by atoms with E-state index in [2.05, 4.69) is 0 Å². The van der Waals surface area contributed by atoms with Gasteiger partial charge in [0.2, 0.25) is 0 Å². The molecule has 0 aromatic heterocycles. The molecule has 1 aromatic rings. The molecular weight excluding hydrogens is 455 g/mol. The lowest BCUT2D eigenvalue weighted by Crippen LogP contribution is -2.83. The fourth-order valence-electron chi connectivity index (χ4n) is 3.54. The second-order valence-electron chi connectivity index (χ2n) is 7.12. The molecule has 0 bridgehead atoms. The topological polar surface area (TPSA) is 23.5 Å². The smallest absolute Gasteiger partial charge is 0.384 e. The first-order valence-electron chi connectivity index (χ1n) is 8.99. The molecule has 13 heteroatoms. The predicted octanol–water partition coefficient (Wildman–Crippen LogP) is 5.85. The SMILES string of the molecule is CCN(CC)c1ccccc1C(O)CC1(F)C(F)(F)C(F)(F)C(F)(F)C(F)(F)C1(F)F. The molecule has 1 N–H and O–H groups in total. The summed E-state index contributed by atoms with van der Waals surface area (Å²) in [6.45, 7) is 3.62. The lowest BCUT2D eigenvalue weighted by atomic mass is 9.69. The van der Waals surface area contributed by atoms with E-state index in [1.165, 1.54) is 17.0 Å². The van der Waals surface area contributed by atoms with Crippen LogP contribution in [-0.4, -0.2) is 53.5 Å². The number of rotatable bonds is 6. The molecule has 0 amide bonds. The molecule has 2 nitrogen and oxygen atoms in total. The highest BCUT2D eigenvalue weighted by atomic mass is 19.4. The first-order valence-corrected chi connectivity index (χ1v) is 8.99. The Morgan fingerprint density at radius 1 is 0.710 bits per heavy atom. The molecule has 0 aliphatic heterocycles. The van der Waals surface area contributed by atoms with Gasteiger partial charge in [-0.3, -0.25) is 0 Å². The average Bonchev–Trinajstić information content (AvgIpc) is 2.67. The molecule has 1 atom stereocenters. The highest BCUT2D eigenvalue weighted by molar-refractivity contribution is 5.54. The number of nitrogens with zero attached hydrogens (tertiary/aromatic N) is 1. The molecule has 178 valence electrons. The quantitative estimate of drug-likeness (QED) is 0.524. The van der Waals surface area contributed by atoms with Crippen LogP contribution in [-0.2, 0) is 0 Å². The predicted molar refractivity (Wildman–Crippen MR) is 88.2 cm³/mol. The summed E-state index contributed by atoms with van der Waals surface area (Å²) < 4.78 is 152. The summed E-state index contributed by atoms with van der Waals surface area (Å²) in [6.07, 6.45) is -5.44. The number of para-hydroxylation sites is 1. The number of benzene rings is 1. The maximum atomic E-state index is 14.9. The van der Waals surface area contributed by atoms with Crippen molar-refractivity contribution < 1.29 is 53.4 Å². The van der Waals surface area contributed by atoms with Crippen molar-refractivity contribution in [2.45, 2.75) is 61.7 Å². The van der Waals surface area contributed by atoms with Gasteiger partial charge in [0, 0.05) is 30.8 Å². The molecule has 0 spiro atoms. The van der Waals surface area contributed by atoms with Crippen molar-refractivity contribution >= 4 is 5.69 Å². The third-order valence-electron chi connectivity index (χ3n) is 5.45. The van der Waals surface area contributed by atoms with Crippen LogP contribution in [0.15, 0.2) is 24.3 Å². The molecule has 0 saturated heterocycles. The van der Waals surface area contributed by atoms with Crippen LogP contribution >= 0.6 is 0 Å². The van der Waals surface area contributed by atoms with Crippen molar-refractivity contribution in [3.63, 3.8) is 0 Å². The minimum absolute atomic E-state index is 0.00473. The Morgan fingerprint density at radius 3 is 1.52 bits per heavy atom. The Balaban J connectivity index is 2.65. The Kier molecular flexibility index (Phi) is 6.06. The Bertz CT molecular complexity index is 777. The second kappa shape index (κ2) is 7.38. The monoisotopic (exact) mass is 473 g/mol. The van der Waals surface area contributed by atoms with E-state index in [1.807, 2.05) is 0 Å². The third kappa shape index (κ3) is 3.01. The van der Waals surface area contributed by atoms with E-state index in [0.717, 1.165) is 12.1 Å². The summed E-state index contributed by atoms with van der Waals surface area (Å²) in [5, 5.41) is 10.2. The van der Waals surface area contributed by atoms with Crippen LogP contribution in [0, 0.1) is 0 Å². The Labute approximate surface area is 169 Å². The summed E-state index contributed by atoms with van der Waals surface area (Å²) in [5.41, 5.74) is -6.74. The highest BCUT2D eigenvalue weighted by Gasteiger charge is 3.00. The van der Waals surface area contributed by atoms with Crippen LogP contribution in [0.3, 0.4) is 0 Å². The number of alkyl halides is 11. The highest BCUT2D eigenvalue weighted by Crippen LogP contribution is 2.70. The van der Waals surface area contributed by atoms with E-state index in [4.69, 9.17) is 0 Å². The molecule has 0 radical (unpaired) electrons. The van der Waals surface area contributed by atoms with Crippen LogP contribution in [0.25, 0.3) is 0 Å². The molecule has 1 aliphatic rings. The Morgan fingerprint density at radius 2 is 1.10 bits per heavy atom. The number of hydrogen-bond acceptors (Lipinski definition) is 2. The van der Waals surface area contributed by atoms with E-state index >= 15 is 0 Å². The van der Waals surface area contributed by atoms with Gasteiger partial charge < -0.3 is 10.0 Å². The summed E-state index contributed by atoms with van der Waals surface area (Å²) in [5.74, 6) is -35.6. The normalized spacial score (nSPS) is 25.6. The van der Waals surface area contributed by atoms with Crippen LogP contribution in [0.4, 0.5) is 54.0 Å². The number of hydrogen-bond donors (Lipinski definition) is 1. The van der Waals surface area contributed by atoms with Gasteiger partial charge in [-0.05, 0) is 19.9 Å². The molecule has 31 heavy (non-hydrogen) atoms. The average molecular weight is 473 g/mol. The number of aliphatic hydroxyl groups is 1. The zero-order valence-electron chi connectivity index (χ0n) is 16.1. The maximum absolute atomic E-state index is 14.9. The van der Waals surface area contributed by atoms with Crippen LogP contribution in [0.5, 0.6) is 0 Å². The molecule has 1 aliphatic carbocycles. The van der Waals surface area contributed by atoms with Gasteiger partial charge in [-0.25, -0.2) is 4.39 Å². The fourth-order valence-corrected chi connectivity index (χ4v) is 3.54. The van der Waals surface area contributed by atoms with Crippen molar-refractivity contribution in [1.82, 2.24) is 0 Å². The van der Waals surface area contributed by atoms with E-state index in [-0.39, 0.29) is 18.8 Å². The Hall–Kier alpha value is -1.79. The van der Waals surface area contributed by atoms with Gasteiger partial charge in [0.1, 0.15) is 0 Å².